The van der Waals surface area contributed by atoms with Gasteiger partial charge in [-0.3, -0.25) is 4.79 Å². The summed E-state index contributed by atoms with van der Waals surface area (Å²) < 4.78 is 11.7. The largest absolute Gasteiger partial charge is 0.494 e. The quantitative estimate of drug-likeness (QED) is 0.430. The third-order valence-electron chi connectivity index (χ3n) is 6.08. The van der Waals surface area contributed by atoms with Gasteiger partial charge in [-0.25, -0.2) is 0 Å². The van der Waals surface area contributed by atoms with Crippen molar-refractivity contribution in [2.45, 2.75) is 78.2 Å². The van der Waals surface area contributed by atoms with Crippen LogP contribution < -0.4 is 10.1 Å². The zero-order valence-corrected chi connectivity index (χ0v) is 19.5. The molecule has 0 spiro atoms. The summed E-state index contributed by atoms with van der Waals surface area (Å²) in [6.07, 6.45) is 7.63. The van der Waals surface area contributed by atoms with Crippen molar-refractivity contribution in [3.63, 3.8) is 0 Å². The van der Waals surface area contributed by atoms with Crippen molar-refractivity contribution in [1.82, 2.24) is 4.90 Å². The SMILES string of the molecule is CCCCC[C@@](C)(OCC)C(=O)Nc1ccc(OCCCN2CCC(C)CC2)cc1. The highest BCUT2D eigenvalue weighted by molar-refractivity contribution is 5.97. The molecule has 5 nitrogen and oxygen atoms in total. The monoisotopic (exact) mass is 418 g/mol. The van der Waals surface area contributed by atoms with Crippen LogP contribution in [0.3, 0.4) is 0 Å². The van der Waals surface area contributed by atoms with E-state index in [1.807, 2.05) is 38.1 Å². The maximum Gasteiger partial charge on any atom is 0.256 e. The van der Waals surface area contributed by atoms with E-state index < -0.39 is 5.60 Å². The summed E-state index contributed by atoms with van der Waals surface area (Å²) in [4.78, 5) is 15.4. The lowest BCUT2D eigenvalue weighted by atomic mass is 9.96. The number of unbranched alkanes of at least 4 members (excludes halogenated alkanes) is 2. The number of hydrogen-bond acceptors (Lipinski definition) is 4. The van der Waals surface area contributed by atoms with E-state index in [9.17, 15) is 4.79 Å². The van der Waals surface area contributed by atoms with Crippen molar-refractivity contribution in [2.75, 3.05) is 38.2 Å². The summed E-state index contributed by atoms with van der Waals surface area (Å²) in [6.45, 7) is 13.1. The number of hydrogen-bond donors (Lipinski definition) is 1. The Bertz CT molecular complexity index is 611. The number of ether oxygens (including phenoxy) is 2. The van der Waals surface area contributed by atoms with Gasteiger partial charge in [-0.1, -0.05) is 33.1 Å². The Morgan fingerprint density at radius 1 is 1.13 bits per heavy atom. The number of rotatable bonds is 13. The Morgan fingerprint density at radius 2 is 1.83 bits per heavy atom. The van der Waals surface area contributed by atoms with Crippen molar-refractivity contribution < 1.29 is 14.3 Å². The number of nitrogens with zero attached hydrogens (tertiary/aromatic N) is 1. The highest BCUT2D eigenvalue weighted by Gasteiger charge is 2.33. The van der Waals surface area contributed by atoms with Gasteiger partial charge in [-0.15, -0.1) is 0 Å². The van der Waals surface area contributed by atoms with E-state index in [1.54, 1.807) is 0 Å². The molecule has 2 rings (SSSR count). The van der Waals surface area contributed by atoms with E-state index in [0.717, 1.165) is 62.6 Å². The first-order chi connectivity index (χ1) is 14.5. The molecule has 1 aliphatic rings. The molecule has 1 saturated heterocycles. The van der Waals surface area contributed by atoms with Gasteiger partial charge in [0.05, 0.1) is 6.61 Å². The van der Waals surface area contributed by atoms with Gasteiger partial charge in [0.2, 0.25) is 0 Å². The van der Waals surface area contributed by atoms with Gasteiger partial charge in [-0.2, -0.15) is 0 Å². The van der Waals surface area contributed by atoms with Crippen LogP contribution in [-0.4, -0.2) is 49.3 Å². The van der Waals surface area contributed by atoms with Gasteiger partial charge in [0.15, 0.2) is 0 Å². The number of carbonyl (C=O) groups is 1. The first kappa shape index (κ1) is 24.7. The summed E-state index contributed by atoms with van der Waals surface area (Å²) in [5.74, 6) is 1.64. The maximum atomic E-state index is 12.8. The minimum absolute atomic E-state index is 0.0787. The number of piperidine rings is 1. The molecule has 5 heteroatoms. The number of benzene rings is 1. The lowest BCUT2D eigenvalue weighted by Crippen LogP contribution is -2.42. The fourth-order valence-corrected chi connectivity index (χ4v) is 3.94. The van der Waals surface area contributed by atoms with E-state index in [4.69, 9.17) is 9.47 Å². The molecule has 1 aromatic rings. The molecule has 1 N–H and O–H groups in total. The highest BCUT2D eigenvalue weighted by Crippen LogP contribution is 2.23. The molecular formula is C25H42N2O3. The Hall–Kier alpha value is -1.59. The van der Waals surface area contributed by atoms with Crippen molar-refractivity contribution in [2.24, 2.45) is 5.92 Å². The molecule has 0 radical (unpaired) electrons. The van der Waals surface area contributed by atoms with E-state index in [0.29, 0.717) is 6.61 Å². The molecule has 0 bridgehead atoms. The molecule has 1 atom stereocenters. The van der Waals surface area contributed by atoms with Gasteiger partial charge < -0.3 is 19.7 Å². The Balaban J connectivity index is 1.75. The van der Waals surface area contributed by atoms with Crippen LogP contribution in [0, 0.1) is 5.92 Å². The normalized spacial score (nSPS) is 17.5. The molecule has 170 valence electrons. The predicted molar refractivity (Wildman–Crippen MR) is 124 cm³/mol. The Morgan fingerprint density at radius 3 is 2.47 bits per heavy atom. The van der Waals surface area contributed by atoms with Gasteiger partial charge in [0.25, 0.3) is 5.91 Å². The number of anilines is 1. The Kier molecular flexibility index (Phi) is 10.7. The van der Waals surface area contributed by atoms with E-state index in [1.165, 1.54) is 25.9 Å². The molecule has 1 heterocycles. The summed E-state index contributed by atoms with van der Waals surface area (Å²) in [5, 5.41) is 3.01. The van der Waals surface area contributed by atoms with Crippen LogP contribution in [0.25, 0.3) is 0 Å². The molecule has 1 aliphatic heterocycles. The molecule has 0 aliphatic carbocycles. The lowest BCUT2D eigenvalue weighted by molar-refractivity contribution is -0.139. The van der Waals surface area contributed by atoms with Crippen LogP contribution in [-0.2, 0) is 9.53 Å². The van der Waals surface area contributed by atoms with E-state index in [2.05, 4.69) is 24.1 Å². The highest BCUT2D eigenvalue weighted by atomic mass is 16.5. The zero-order valence-electron chi connectivity index (χ0n) is 19.5. The molecule has 1 amide bonds. The minimum atomic E-state index is -0.786. The smallest absolute Gasteiger partial charge is 0.256 e. The van der Waals surface area contributed by atoms with Crippen LogP contribution in [0.5, 0.6) is 5.75 Å². The summed E-state index contributed by atoms with van der Waals surface area (Å²) in [5.41, 5.74) is -0.0121. The molecule has 30 heavy (non-hydrogen) atoms. The van der Waals surface area contributed by atoms with Crippen LogP contribution in [0.1, 0.15) is 72.6 Å². The van der Waals surface area contributed by atoms with E-state index in [-0.39, 0.29) is 5.91 Å². The second-order valence-electron chi connectivity index (χ2n) is 8.83. The van der Waals surface area contributed by atoms with Crippen LogP contribution in [0.15, 0.2) is 24.3 Å². The van der Waals surface area contributed by atoms with Crippen LogP contribution >= 0.6 is 0 Å². The number of amides is 1. The van der Waals surface area contributed by atoms with Gasteiger partial charge in [0.1, 0.15) is 11.4 Å². The number of likely N-dealkylation sites (tertiary alicyclic amines) is 1. The topological polar surface area (TPSA) is 50.8 Å². The standard InChI is InChI=1S/C25H42N2O3/c1-5-7-8-16-25(4,30-6-2)24(28)26-22-10-12-23(13-11-22)29-20-9-17-27-18-14-21(3)15-19-27/h10-13,21H,5-9,14-20H2,1-4H3,(H,26,28)/t25-/m1/s1. The molecule has 0 saturated carbocycles. The van der Waals surface area contributed by atoms with E-state index >= 15 is 0 Å². The summed E-state index contributed by atoms with van der Waals surface area (Å²) in [6, 6.07) is 7.65. The van der Waals surface area contributed by atoms with Gasteiger partial charge >= 0.3 is 0 Å². The minimum Gasteiger partial charge on any atom is -0.494 e. The third-order valence-corrected chi connectivity index (χ3v) is 6.08. The lowest BCUT2D eigenvalue weighted by Gasteiger charge is -2.30. The van der Waals surface area contributed by atoms with Crippen molar-refractivity contribution in [1.29, 1.82) is 0 Å². The molecule has 0 unspecified atom stereocenters. The van der Waals surface area contributed by atoms with Gasteiger partial charge in [-0.05, 0) is 82.8 Å². The van der Waals surface area contributed by atoms with Crippen LogP contribution in [0.2, 0.25) is 0 Å². The summed E-state index contributed by atoms with van der Waals surface area (Å²) in [7, 11) is 0. The Labute approximate surface area is 183 Å². The second-order valence-corrected chi connectivity index (χ2v) is 8.83. The van der Waals surface area contributed by atoms with Gasteiger partial charge in [0, 0.05) is 18.8 Å². The van der Waals surface area contributed by atoms with Crippen molar-refractivity contribution in [3.8, 4) is 5.75 Å². The first-order valence-electron chi connectivity index (χ1n) is 11.9. The predicted octanol–water partition coefficient (Wildman–Crippen LogP) is 5.50. The molecule has 1 fully saturated rings. The third kappa shape index (κ3) is 8.27. The second kappa shape index (κ2) is 13.0. The average molecular weight is 419 g/mol. The van der Waals surface area contributed by atoms with Crippen LogP contribution in [0.4, 0.5) is 5.69 Å². The average Bonchev–Trinajstić information content (AvgIpc) is 2.74. The summed E-state index contributed by atoms with van der Waals surface area (Å²) >= 11 is 0. The maximum absolute atomic E-state index is 12.8. The zero-order chi connectivity index (χ0) is 21.8. The fourth-order valence-electron chi connectivity index (χ4n) is 3.94. The number of carbonyl (C=O) groups excluding carboxylic acids is 1. The molecular weight excluding hydrogens is 376 g/mol. The van der Waals surface area contributed by atoms with Crippen molar-refractivity contribution in [3.05, 3.63) is 24.3 Å². The molecule has 1 aromatic carbocycles. The molecule has 0 aromatic heterocycles. The first-order valence-corrected chi connectivity index (χ1v) is 11.9. The fraction of sp³-hybridized carbons (Fsp3) is 0.720. The number of nitrogens with one attached hydrogen (secondary N) is 1. The van der Waals surface area contributed by atoms with Crippen molar-refractivity contribution >= 4 is 11.6 Å².